The van der Waals surface area contributed by atoms with Crippen LogP contribution in [0.15, 0.2) is 78.9 Å². The fourth-order valence-corrected chi connectivity index (χ4v) is 3.16. The lowest BCUT2D eigenvalue weighted by Gasteiger charge is -2.12. The van der Waals surface area contributed by atoms with Crippen molar-refractivity contribution in [2.24, 2.45) is 0 Å². The molecule has 0 fully saturated rings. The Hall–Kier alpha value is -3.41. The normalized spacial score (nSPS) is 11.6. The first-order valence-electron chi connectivity index (χ1n) is 9.18. The first kappa shape index (κ1) is 18.9. The van der Waals surface area contributed by atoms with Crippen molar-refractivity contribution < 1.29 is 13.2 Å². The van der Waals surface area contributed by atoms with Gasteiger partial charge in [-0.15, -0.1) is 0 Å². The molecule has 1 heterocycles. The number of alkyl halides is 3. The molecular formula is C23H18F3N3. The van der Waals surface area contributed by atoms with Crippen molar-refractivity contribution in [3.8, 4) is 0 Å². The summed E-state index contributed by atoms with van der Waals surface area (Å²) in [4.78, 5) is 9.27. The molecule has 0 amide bonds. The Morgan fingerprint density at radius 3 is 2.28 bits per heavy atom. The number of aromatic nitrogens is 2. The van der Waals surface area contributed by atoms with Crippen LogP contribution in [0, 0.1) is 0 Å². The highest BCUT2D eigenvalue weighted by Crippen LogP contribution is 2.30. The minimum atomic E-state index is -4.36. The van der Waals surface area contributed by atoms with E-state index in [2.05, 4.69) is 15.3 Å². The molecule has 1 aromatic heterocycles. The van der Waals surface area contributed by atoms with Crippen molar-refractivity contribution in [2.45, 2.75) is 19.1 Å². The number of rotatable bonds is 5. The second-order valence-electron chi connectivity index (χ2n) is 6.72. The molecule has 0 atom stereocenters. The average molecular weight is 393 g/mol. The minimum absolute atomic E-state index is 0.232. The number of nitrogens with zero attached hydrogens (tertiary/aromatic N) is 2. The largest absolute Gasteiger partial charge is 0.416 e. The second kappa shape index (κ2) is 7.91. The predicted molar refractivity (Wildman–Crippen MR) is 108 cm³/mol. The van der Waals surface area contributed by atoms with E-state index in [-0.39, 0.29) is 6.54 Å². The topological polar surface area (TPSA) is 37.8 Å². The van der Waals surface area contributed by atoms with Gasteiger partial charge in [0.05, 0.1) is 11.1 Å². The van der Waals surface area contributed by atoms with E-state index in [9.17, 15) is 13.2 Å². The molecule has 0 radical (unpaired) electrons. The molecule has 0 aliphatic rings. The van der Waals surface area contributed by atoms with Crippen LogP contribution in [0.25, 0.3) is 10.9 Å². The van der Waals surface area contributed by atoms with Crippen LogP contribution in [0.3, 0.4) is 0 Å². The van der Waals surface area contributed by atoms with E-state index in [1.807, 2.05) is 54.6 Å². The summed E-state index contributed by atoms with van der Waals surface area (Å²) in [5.41, 5.74) is 1.76. The maximum Gasteiger partial charge on any atom is 0.416 e. The van der Waals surface area contributed by atoms with Gasteiger partial charge >= 0.3 is 6.18 Å². The molecule has 0 spiro atoms. The van der Waals surface area contributed by atoms with Gasteiger partial charge in [0.15, 0.2) is 0 Å². The van der Waals surface area contributed by atoms with Crippen LogP contribution in [-0.2, 0) is 19.1 Å². The predicted octanol–water partition coefficient (Wildman–Crippen LogP) is 5.85. The van der Waals surface area contributed by atoms with Gasteiger partial charge < -0.3 is 5.32 Å². The molecule has 0 unspecified atom stereocenters. The van der Waals surface area contributed by atoms with Crippen LogP contribution in [0.4, 0.5) is 19.0 Å². The maximum absolute atomic E-state index is 13.0. The van der Waals surface area contributed by atoms with Crippen molar-refractivity contribution in [1.29, 1.82) is 0 Å². The van der Waals surface area contributed by atoms with Crippen LogP contribution in [0.2, 0.25) is 0 Å². The number of hydrogen-bond donors (Lipinski definition) is 1. The molecule has 3 nitrogen and oxygen atoms in total. The molecule has 3 aromatic carbocycles. The molecule has 146 valence electrons. The van der Waals surface area contributed by atoms with Crippen LogP contribution >= 0.6 is 0 Å². The quantitative estimate of drug-likeness (QED) is 0.462. The zero-order valence-corrected chi connectivity index (χ0v) is 15.4. The zero-order chi connectivity index (χ0) is 20.3. The molecule has 0 bridgehead atoms. The van der Waals surface area contributed by atoms with Gasteiger partial charge in [-0.3, -0.25) is 0 Å². The molecule has 0 saturated heterocycles. The van der Waals surface area contributed by atoms with Gasteiger partial charge in [-0.2, -0.15) is 13.2 Å². The first-order valence-corrected chi connectivity index (χ1v) is 9.18. The van der Waals surface area contributed by atoms with Crippen LogP contribution < -0.4 is 5.32 Å². The fourth-order valence-electron chi connectivity index (χ4n) is 3.16. The van der Waals surface area contributed by atoms with Gasteiger partial charge in [0.1, 0.15) is 11.6 Å². The standard InChI is InChI=1S/C23H18F3N3/c24-23(25,26)18-10-6-9-17(13-18)15-27-22-19-11-4-5-12-20(19)28-21(29-22)14-16-7-2-1-3-8-16/h1-13H,14-15H2,(H,27,28,29). The summed E-state index contributed by atoms with van der Waals surface area (Å²) < 4.78 is 38.9. The molecule has 4 rings (SSSR count). The minimum Gasteiger partial charge on any atom is -0.365 e. The van der Waals surface area contributed by atoms with Crippen molar-refractivity contribution in [3.05, 3.63) is 101 Å². The highest BCUT2D eigenvalue weighted by atomic mass is 19.4. The molecule has 0 saturated carbocycles. The monoisotopic (exact) mass is 393 g/mol. The van der Waals surface area contributed by atoms with E-state index in [0.717, 1.165) is 28.6 Å². The number of hydrogen-bond acceptors (Lipinski definition) is 3. The molecular weight excluding hydrogens is 375 g/mol. The van der Waals surface area contributed by atoms with Crippen molar-refractivity contribution >= 4 is 16.7 Å². The highest BCUT2D eigenvalue weighted by molar-refractivity contribution is 5.89. The third-order valence-corrected chi connectivity index (χ3v) is 4.57. The van der Waals surface area contributed by atoms with Gasteiger partial charge in [0.2, 0.25) is 0 Å². The number of fused-ring (bicyclic) bond motifs is 1. The summed E-state index contributed by atoms with van der Waals surface area (Å²) in [6, 6.07) is 22.8. The summed E-state index contributed by atoms with van der Waals surface area (Å²) in [6.07, 6.45) is -3.79. The number of benzene rings is 3. The zero-order valence-electron chi connectivity index (χ0n) is 15.4. The Labute approximate surface area is 166 Å². The molecule has 0 aliphatic heterocycles. The lowest BCUT2D eigenvalue weighted by Crippen LogP contribution is -2.08. The molecule has 1 N–H and O–H groups in total. The maximum atomic E-state index is 13.0. The summed E-state index contributed by atoms with van der Waals surface area (Å²) in [6.45, 7) is 0.232. The third-order valence-electron chi connectivity index (χ3n) is 4.57. The van der Waals surface area contributed by atoms with Crippen molar-refractivity contribution in [2.75, 3.05) is 5.32 Å². The Morgan fingerprint density at radius 1 is 0.759 bits per heavy atom. The van der Waals surface area contributed by atoms with E-state index >= 15 is 0 Å². The molecule has 4 aromatic rings. The number of para-hydroxylation sites is 1. The summed E-state index contributed by atoms with van der Waals surface area (Å²) >= 11 is 0. The lowest BCUT2D eigenvalue weighted by atomic mass is 10.1. The molecule has 0 aliphatic carbocycles. The van der Waals surface area contributed by atoms with Gasteiger partial charge in [0, 0.05) is 18.4 Å². The van der Waals surface area contributed by atoms with Crippen molar-refractivity contribution in [3.63, 3.8) is 0 Å². The Morgan fingerprint density at radius 2 is 1.48 bits per heavy atom. The number of nitrogens with one attached hydrogen (secondary N) is 1. The lowest BCUT2D eigenvalue weighted by molar-refractivity contribution is -0.137. The van der Waals surface area contributed by atoms with Crippen LogP contribution in [-0.4, -0.2) is 9.97 Å². The Kier molecular flexibility index (Phi) is 5.16. The molecule has 6 heteroatoms. The third kappa shape index (κ3) is 4.54. The Bertz CT molecular complexity index is 1120. The number of anilines is 1. The first-order chi connectivity index (χ1) is 14.0. The SMILES string of the molecule is FC(F)(F)c1cccc(CNc2nc(Cc3ccccc3)nc3ccccc23)c1. The number of halogens is 3. The van der Waals surface area contributed by atoms with Crippen molar-refractivity contribution in [1.82, 2.24) is 9.97 Å². The smallest absolute Gasteiger partial charge is 0.365 e. The summed E-state index contributed by atoms with van der Waals surface area (Å²) in [5.74, 6) is 1.26. The van der Waals surface area contributed by atoms with E-state index in [4.69, 9.17) is 0 Å². The Balaban J connectivity index is 1.62. The highest BCUT2D eigenvalue weighted by Gasteiger charge is 2.30. The summed E-state index contributed by atoms with van der Waals surface area (Å²) in [7, 11) is 0. The van der Waals surface area contributed by atoms with Gasteiger partial charge in [-0.1, -0.05) is 54.6 Å². The van der Waals surface area contributed by atoms with E-state index in [1.54, 1.807) is 6.07 Å². The van der Waals surface area contributed by atoms with Crippen LogP contribution in [0.5, 0.6) is 0 Å². The average Bonchev–Trinajstić information content (AvgIpc) is 2.72. The fraction of sp³-hybridized carbons (Fsp3) is 0.130. The molecule has 29 heavy (non-hydrogen) atoms. The summed E-state index contributed by atoms with van der Waals surface area (Å²) in [5, 5.41) is 4.02. The van der Waals surface area contributed by atoms with E-state index < -0.39 is 11.7 Å². The second-order valence-corrected chi connectivity index (χ2v) is 6.72. The van der Waals surface area contributed by atoms with Gasteiger partial charge in [-0.25, -0.2) is 9.97 Å². The van der Waals surface area contributed by atoms with E-state index in [1.165, 1.54) is 6.07 Å². The van der Waals surface area contributed by atoms with Crippen LogP contribution in [0.1, 0.15) is 22.5 Å². The van der Waals surface area contributed by atoms with Gasteiger partial charge in [0.25, 0.3) is 0 Å². The van der Waals surface area contributed by atoms with Gasteiger partial charge in [-0.05, 0) is 35.4 Å². The van der Waals surface area contributed by atoms with E-state index in [0.29, 0.717) is 23.6 Å².